The van der Waals surface area contributed by atoms with Crippen molar-refractivity contribution in [3.8, 4) is 0 Å². The van der Waals surface area contributed by atoms with Crippen LogP contribution in [0, 0.1) is 5.41 Å². The summed E-state index contributed by atoms with van der Waals surface area (Å²) in [4.78, 5) is 21.4. The molecule has 31 heavy (non-hydrogen) atoms. The molecule has 4 heterocycles. The van der Waals surface area contributed by atoms with Gasteiger partial charge in [-0.15, -0.1) is 0 Å². The molecule has 3 aromatic rings. The topological polar surface area (TPSA) is 65.2 Å². The van der Waals surface area contributed by atoms with Gasteiger partial charge in [0.2, 0.25) is 5.95 Å². The van der Waals surface area contributed by atoms with E-state index in [2.05, 4.69) is 21.9 Å². The van der Waals surface area contributed by atoms with Crippen molar-refractivity contribution in [2.24, 2.45) is 19.5 Å². The third kappa shape index (κ3) is 3.75. The average molecular weight is 460 g/mol. The summed E-state index contributed by atoms with van der Waals surface area (Å²) in [5.74, 6) is 0.727. The number of fused-ring (bicyclic) bond motifs is 1. The Morgan fingerprint density at radius 1 is 1.23 bits per heavy atom. The molecule has 2 aromatic heterocycles. The molecule has 0 bridgehead atoms. The maximum atomic E-state index is 13.1. The smallest absolute Gasteiger partial charge is 0.268 e. The number of anilines is 1. The zero-order valence-electron chi connectivity index (χ0n) is 18.0. The minimum atomic E-state index is -0.0598. The highest BCUT2D eigenvalue weighted by Crippen LogP contribution is 2.42. The number of piperidine rings is 1. The van der Waals surface area contributed by atoms with Gasteiger partial charge in [0.05, 0.1) is 34.3 Å². The van der Waals surface area contributed by atoms with Crippen LogP contribution in [0.5, 0.6) is 0 Å². The fourth-order valence-electron chi connectivity index (χ4n) is 4.81. The normalized spacial score (nSPS) is 20.8. The summed E-state index contributed by atoms with van der Waals surface area (Å²) in [5.41, 5.74) is 1.07. The van der Waals surface area contributed by atoms with Crippen LogP contribution >= 0.6 is 23.4 Å². The van der Waals surface area contributed by atoms with E-state index in [1.807, 2.05) is 25.4 Å². The minimum absolute atomic E-state index is 0.0598. The number of halogens is 1. The van der Waals surface area contributed by atoms with Gasteiger partial charge in [-0.2, -0.15) is 5.10 Å². The summed E-state index contributed by atoms with van der Waals surface area (Å²) in [7, 11) is 3.66. The van der Waals surface area contributed by atoms with Gasteiger partial charge in [0, 0.05) is 43.7 Å². The van der Waals surface area contributed by atoms with Crippen molar-refractivity contribution in [2.45, 2.75) is 42.1 Å². The van der Waals surface area contributed by atoms with Gasteiger partial charge in [-0.25, -0.2) is 4.98 Å². The van der Waals surface area contributed by atoms with E-state index >= 15 is 0 Å². The molecule has 0 saturated carbocycles. The van der Waals surface area contributed by atoms with E-state index in [4.69, 9.17) is 16.3 Å². The van der Waals surface area contributed by atoms with Crippen LogP contribution in [-0.4, -0.2) is 45.1 Å². The van der Waals surface area contributed by atoms with Crippen molar-refractivity contribution in [1.29, 1.82) is 0 Å². The van der Waals surface area contributed by atoms with E-state index in [0.717, 1.165) is 60.7 Å². The number of hydrogen-bond acceptors (Lipinski definition) is 6. The molecule has 1 atom stereocenters. The molecule has 9 heteroatoms. The van der Waals surface area contributed by atoms with Crippen LogP contribution in [0.3, 0.4) is 0 Å². The van der Waals surface area contributed by atoms with Crippen LogP contribution in [0.1, 0.15) is 26.2 Å². The monoisotopic (exact) mass is 459 g/mol. The van der Waals surface area contributed by atoms with Crippen molar-refractivity contribution in [1.82, 2.24) is 19.3 Å². The highest BCUT2D eigenvalue weighted by Gasteiger charge is 2.41. The zero-order chi connectivity index (χ0) is 21.8. The second kappa shape index (κ2) is 7.83. The average Bonchev–Trinajstić information content (AvgIpc) is 3.31. The second-order valence-corrected chi connectivity index (χ2v) is 10.3. The Hall–Kier alpha value is -2.03. The van der Waals surface area contributed by atoms with E-state index in [1.54, 1.807) is 22.5 Å². The predicted molar refractivity (Wildman–Crippen MR) is 123 cm³/mol. The standard InChI is InChI=1S/C22H26ClN5O2S/c1-14-10-22(13-30-14)6-8-28(9-7-22)21-24-11-18(20(29)27(21)3)31-17-5-4-16-15(19(17)23)12-26(2)25-16/h4-5,11-12,14H,6-10,13H2,1-3H3/t14-/m0/s1. The van der Waals surface area contributed by atoms with Crippen molar-refractivity contribution in [3.63, 3.8) is 0 Å². The van der Waals surface area contributed by atoms with Gasteiger partial charge in [0.25, 0.3) is 5.56 Å². The third-order valence-electron chi connectivity index (χ3n) is 6.54. The molecule has 2 aliphatic heterocycles. The molecule has 0 amide bonds. The molecule has 0 N–H and O–H groups in total. The molecule has 7 nitrogen and oxygen atoms in total. The van der Waals surface area contributed by atoms with Gasteiger partial charge < -0.3 is 9.64 Å². The number of benzene rings is 1. The van der Waals surface area contributed by atoms with Gasteiger partial charge in [-0.1, -0.05) is 23.4 Å². The van der Waals surface area contributed by atoms with E-state index in [9.17, 15) is 4.79 Å². The molecule has 2 aliphatic rings. The van der Waals surface area contributed by atoms with Crippen LogP contribution in [0.4, 0.5) is 5.95 Å². The summed E-state index contributed by atoms with van der Waals surface area (Å²) < 4.78 is 9.23. The summed E-state index contributed by atoms with van der Waals surface area (Å²) in [5, 5.41) is 5.86. The number of rotatable bonds is 3. The summed E-state index contributed by atoms with van der Waals surface area (Å²) in [6.45, 7) is 4.80. The lowest BCUT2D eigenvalue weighted by molar-refractivity contribution is 0.0974. The van der Waals surface area contributed by atoms with Gasteiger partial charge in [0.1, 0.15) is 0 Å². The molecule has 2 saturated heterocycles. The number of hydrogen-bond donors (Lipinski definition) is 0. The first-order valence-electron chi connectivity index (χ1n) is 10.6. The van der Waals surface area contributed by atoms with Gasteiger partial charge in [0.15, 0.2) is 0 Å². The Morgan fingerprint density at radius 3 is 2.71 bits per heavy atom. The maximum absolute atomic E-state index is 13.1. The van der Waals surface area contributed by atoms with E-state index in [0.29, 0.717) is 21.4 Å². The van der Waals surface area contributed by atoms with Gasteiger partial charge in [-0.05, 0) is 43.7 Å². The van der Waals surface area contributed by atoms with Crippen molar-refractivity contribution in [2.75, 3.05) is 24.6 Å². The zero-order valence-corrected chi connectivity index (χ0v) is 19.5. The van der Waals surface area contributed by atoms with Crippen LogP contribution in [-0.2, 0) is 18.8 Å². The molecule has 0 radical (unpaired) electrons. The van der Waals surface area contributed by atoms with Gasteiger partial charge in [-0.3, -0.25) is 14.0 Å². The second-order valence-electron chi connectivity index (χ2n) is 8.81. The molecule has 0 aliphatic carbocycles. The van der Waals surface area contributed by atoms with E-state index in [1.165, 1.54) is 11.8 Å². The van der Waals surface area contributed by atoms with Gasteiger partial charge >= 0.3 is 0 Å². The first-order chi connectivity index (χ1) is 14.8. The SMILES string of the molecule is C[C@H]1CC2(CCN(c3ncc(Sc4ccc5nn(C)cc5c4Cl)c(=O)n3C)CC2)CO1. The highest BCUT2D eigenvalue weighted by atomic mass is 35.5. The van der Waals surface area contributed by atoms with Crippen molar-refractivity contribution in [3.05, 3.63) is 39.9 Å². The minimum Gasteiger partial charge on any atom is -0.378 e. The molecule has 0 unspecified atom stereocenters. The first-order valence-corrected chi connectivity index (χ1v) is 11.8. The third-order valence-corrected chi connectivity index (χ3v) is 8.12. The van der Waals surface area contributed by atoms with Crippen LogP contribution in [0.15, 0.2) is 39.1 Å². The first kappa shape index (κ1) is 20.8. The van der Waals surface area contributed by atoms with E-state index in [-0.39, 0.29) is 5.56 Å². The number of aryl methyl sites for hydroxylation is 1. The van der Waals surface area contributed by atoms with Crippen molar-refractivity contribution < 1.29 is 4.74 Å². The lowest BCUT2D eigenvalue weighted by atomic mass is 9.77. The number of ether oxygens (including phenoxy) is 1. The molecule has 164 valence electrons. The lowest BCUT2D eigenvalue weighted by Crippen LogP contribution is -2.43. The fraction of sp³-hybridized carbons (Fsp3) is 0.500. The number of aromatic nitrogens is 4. The Kier molecular flexibility index (Phi) is 5.27. The Morgan fingerprint density at radius 2 is 2.00 bits per heavy atom. The predicted octanol–water partition coefficient (Wildman–Crippen LogP) is 3.87. The molecular formula is C22H26ClN5O2S. The Balaban J connectivity index is 1.37. The molecule has 5 rings (SSSR count). The summed E-state index contributed by atoms with van der Waals surface area (Å²) in [6.07, 6.45) is 7.19. The van der Waals surface area contributed by atoms with Crippen molar-refractivity contribution >= 4 is 40.2 Å². The quantitative estimate of drug-likeness (QED) is 0.592. The molecule has 2 fully saturated rings. The largest absolute Gasteiger partial charge is 0.378 e. The maximum Gasteiger partial charge on any atom is 0.268 e. The Bertz CT molecular complexity index is 1200. The number of nitrogens with zero attached hydrogens (tertiary/aromatic N) is 5. The van der Waals surface area contributed by atoms with Crippen LogP contribution in [0.2, 0.25) is 5.02 Å². The highest BCUT2D eigenvalue weighted by molar-refractivity contribution is 7.99. The molecule has 1 spiro atoms. The Labute approximate surface area is 190 Å². The summed E-state index contributed by atoms with van der Waals surface area (Å²) >= 11 is 7.95. The lowest BCUT2D eigenvalue weighted by Gasteiger charge is -2.39. The molecular weight excluding hydrogens is 434 g/mol. The van der Waals surface area contributed by atoms with E-state index < -0.39 is 0 Å². The van der Waals surface area contributed by atoms with Crippen LogP contribution in [0.25, 0.3) is 10.9 Å². The van der Waals surface area contributed by atoms with Crippen LogP contribution < -0.4 is 10.5 Å². The summed E-state index contributed by atoms with van der Waals surface area (Å²) in [6, 6.07) is 3.83. The molecule has 1 aromatic carbocycles. The fourth-order valence-corrected chi connectivity index (χ4v) is 6.04.